The molecule has 0 aliphatic rings. The van der Waals surface area contributed by atoms with Gasteiger partial charge in [0.1, 0.15) is 4.34 Å². The van der Waals surface area contributed by atoms with Gasteiger partial charge in [-0.3, -0.25) is 4.79 Å². The second kappa shape index (κ2) is 2.45. The summed E-state index contributed by atoms with van der Waals surface area (Å²) >= 11 is 6.71. The van der Waals surface area contributed by atoms with E-state index >= 15 is 0 Å². The van der Waals surface area contributed by atoms with Crippen molar-refractivity contribution in [1.29, 1.82) is 0 Å². The molecule has 48 valence electrons. The zero-order valence-electron chi connectivity index (χ0n) is 4.72. The maximum Gasteiger partial charge on any atom is 0.154 e. The molecule has 0 spiro atoms. The maximum atomic E-state index is 10.2. The summed E-state index contributed by atoms with van der Waals surface area (Å²) in [6, 6.07) is 0. The molecule has 0 fully saturated rings. The SMILES string of the molecule is Cc1nsc(Cl)c1C=O. The lowest BCUT2D eigenvalue weighted by atomic mass is 10.3. The van der Waals surface area contributed by atoms with Gasteiger partial charge in [0.15, 0.2) is 6.29 Å². The lowest BCUT2D eigenvalue weighted by Crippen LogP contribution is -1.79. The van der Waals surface area contributed by atoms with Crippen molar-refractivity contribution in [3.63, 3.8) is 0 Å². The van der Waals surface area contributed by atoms with E-state index in [2.05, 4.69) is 4.37 Å². The Morgan fingerprint density at radius 2 is 2.44 bits per heavy atom. The summed E-state index contributed by atoms with van der Waals surface area (Å²) in [5.41, 5.74) is 1.22. The largest absolute Gasteiger partial charge is 0.298 e. The van der Waals surface area contributed by atoms with Gasteiger partial charge in [-0.15, -0.1) is 0 Å². The monoisotopic (exact) mass is 161 g/mol. The molecule has 1 aromatic heterocycles. The quantitative estimate of drug-likeness (QED) is 0.589. The number of carbonyl (C=O) groups excluding carboxylic acids is 1. The van der Waals surface area contributed by atoms with Crippen LogP contribution in [0.15, 0.2) is 0 Å². The molecule has 1 rings (SSSR count). The normalized spacial score (nSPS) is 9.56. The van der Waals surface area contributed by atoms with E-state index in [9.17, 15) is 4.79 Å². The van der Waals surface area contributed by atoms with Crippen molar-refractivity contribution < 1.29 is 4.79 Å². The summed E-state index contributed by atoms with van der Waals surface area (Å²) in [7, 11) is 0. The Bertz CT molecular complexity index is 213. The van der Waals surface area contributed by atoms with E-state index in [4.69, 9.17) is 11.6 Å². The fraction of sp³-hybridized carbons (Fsp3) is 0.200. The Balaban J connectivity index is 3.22. The third kappa shape index (κ3) is 1.11. The fourth-order valence-corrected chi connectivity index (χ4v) is 1.38. The minimum absolute atomic E-state index is 0.475. The predicted octanol–water partition coefficient (Wildman–Crippen LogP) is 1.92. The van der Waals surface area contributed by atoms with Crippen LogP contribution >= 0.6 is 23.1 Å². The van der Waals surface area contributed by atoms with E-state index < -0.39 is 0 Å². The van der Waals surface area contributed by atoms with Crippen LogP contribution in [0.4, 0.5) is 0 Å². The number of aldehydes is 1. The van der Waals surface area contributed by atoms with Gasteiger partial charge in [-0.2, -0.15) is 4.37 Å². The summed E-state index contributed by atoms with van der Waals surface area (Å²) < 4.78 is 4.34. The van der Waals surface area contributed by atoms with Gasteiger partial charge in [0, 0.05) is 0 Å². The number of aryl methyl sites for hydroxylation is 1. The average Bonchev–Trinajstić information content (AvgIpc) is 2.12. The Kier molecular flexibility index (Phi) is 1.83. The van der Waals surface area contributed by atoms with Crippen LogP contribution in [0.25, 0.3) is 0 Å². The van der Waals surface area contributed by atoms with Gasteiger partial charge in [-0.05, 0) is 18.5 Å². The first-order chi connectivity index (χ1) is 4.25. The zero-order chi connectivity index (χ0) is 6.85. The van der Waals surface area contributed by atoms with Crippen LogP contribution in [0.2, 0.25) is 4.34 Å². The van der Waals surface area contributed by atoms with Crippen LogP contribution in [-0.2, 0) is 0 Å². The van der Waals surface area contributed by atoms with Crippen LogP contribution in [-0.4, -0.2) is 10.7 Å². The molecule has 0 bridgehead atoms. The number of hydrogen-bond donors (Lipinski definition) is 0. The lowest BCUT2D eigenvalue weighted by Gasteiger charge is -1.80. The first-order valence-electron chi connectivity index (χ1n) is 2.32. The van der Waals surface area contributed by atoms with Crippen LogP contribution in [0.3, 0.4) is 0 Å². The minimum atomic E-state index is 0.475. The summed E-state index contributed by atoms with van der Waals surface area (Å²) in [6.07, 6.45) is 0.723. The van der Waals surface area contributed by atoms with Crippen LogP contribution < -0.4 is 0 Å². The number of nitrogens with zero attached hydrogens (tertiary/aromatic N) is 1. The minimum Gasteiger partial charge on any atom is -0.298 e. The maximum absolute atomic E-state index is 10.2. The molecular formula is C5H4ClNOS. The smallest absolute Gasteiger partial charge is 0.154 e. The molecule has 2 nitrogen and oxygen atoms in total. The molecule has 1 heterocycles. The Labute approximate surface area is 61.6 Å². The van der Waals surface area contributed by atoms with E-state index in [1.807, 2.05) is 0 Å². The number of carbonyl (C=O) groups is 1. The van der Waals surface area contributed by atoms with Crippen LogP contribution in [0, 0.1) is 6.92 Å². The molecular weight excluding hydrogens is 158 g/mol. The van der Waals surface area contributed by atoms with Gasteiger partial charge in [-0.1, -0.05) is 11.6 Å². The van der Waals surface area contributed by atoms with Crippen molar-refractivity contribution >= 4 is 29.4 Å². The van der Waals surface area contributed by atoms with Crippen LogP contribution in [0.5, 0.6) is 0 Å². The number of rotatable bonds is 1. The molecule has 0 saturated carbocycles. The average molecular weight is 162 g/mol. The van der Waals surface area contributed by atoms with Crippen molar-refractivity contribution in [1.82, 2.24) is 4.37 Å². The standard InChI is InChI=1S/C5H4ClNOS/c1-3-4(2-8)5(6)9-7-3/h2H,1H3. The molecule has 0 aromatic carbocycles. The third-order valence-electron chi connectivity index (χ3n) is 0.982. The van der Waals surface area contributed by atoms with Gasteiger partial charge in [-0.25, -0.2) is 0 Å². The highest BCUT2D eigenvalue weighted by Gasteiger charge is 2.05. The second-order valence-electron chi connectivity index (χ2n) is 1.57. The van der Waals surface area contributed by atoms with Crippen molar-refractivity contribution in [2.45, 2.75) is 6.92 Å². The van der Waals surface area contributed by atoms with Gasteiger partial charge in [0.05, 0.1) is 11.3 Å². The highest BCUT2D eigenvalue weighted by Crippen LogP contribution is 2.21. The molecule has 0 N–H and O–H groups in total. The summed E-state index contributed by atoms with van der Waals surface area (Å²) in [5.74, 6) is 0. The number of aromatic nitrogens is 1. The molecule has 0 radical (unpaired) electrons. The van der Waals surface area contributed by atoms with E-state index in [0.717, 1.165) is 17.8 Å². The molecule has 0 saturated heterocycles. The van der Waals surface area contributed by atoms with Gasteiger partial charge < -0.3 is 0 Å². The van der Waals surface area contributed by atoms with Crippen molar-refractivity contribution in [2.24, 2.45) is 0 Å². The lowest BCUT2D eigenvalue weighted by molar-refractivity contribution is 0.112. The molecule has 0 amide bonds. The Morgan fingerprint density at radius 3 is 2.67 bits per heavy atom. The molecule has 0 aliphatic heterocycles. The van der Waals surface area contributed by atoms with E-state index in [1.165, 1.54) is 0 Å². The summed E-state index contributed by atoms with van der Waals surface area (Å²) in [5, 5.41) is 0. The fourth-order valence-electron chi connectivity index (χ4n) is 0.481. The molecule has 1 aromatic rings. The van der Waals surface area contributed by atoms with Crippen LogP contribution in [0.1, 0.15) is 16.1 Å². The molecule has 0 aliphatic carbocycles. The Hall–Kier alpha value is -0.410. The van der Waals surface area contributed by atoms with Crippen molar-refractivity contribution in [3.05, 3.63) is 15.6 Å². The first kappa shape index (κ1) is 6.71. The Morgan fingerprint density at radius 1 is 1.78 bits per heavy atom. The predicted molar refractivity (Wildman–Crippen MR) is 37.2 cm³/mol. The van der Waals surface area contributed by atoms with Crippen molar-refractivity contribution in [2.75, 3.05) is 0 Å². The van der Waals surface area contributed by atoms with Gasteiger partial charge in [0.25, 0.3) is 0 Å². The molecule has 9 heavy (non-hydrogen) atoms. The molecule has 0 unspecified atom stereocenters. The van der Waals surface area contributed by atoms with Gasteiger partial charge >= 0.3 is 0 Å². The van der Waals surface area contributed by atoms with Gasteiger partial charge in [0.2, 0.25) is 0 Å². The number of hydrogen-bond acceptors (Lipinski definition) is 3. The van der Waals surface area contributed by atoms with Crippen molar-refractivity contribution in [3.8, 4) is 0 Å². The molecule has 0 atom stereocenters. The van der Waals surface area contributed by atoms with E-state index in [1.54, 1.807) is 6.92 Å². The topological polar surface area (TPSA) is 30.0 Å². The highest BCUT2D eigenvalue weighted by atomic mass is 35.5. The van der Waals surface area contributed by atoms with E-state index in [-0.39, 0.29) is 0 Å². The summed E-state index contributed by atoms with van der Waals surface area (Å²) in [6.45, 7) is 1.76. The zero-order valence-corrected chi connectivity index (χ0v) is 6.29. The van der Waals surface area contributed by atoms with E-state index in [0.29, 0.717) is 15.6 Å². The second-order valence-corrected chi connectivity index (χ2v) is 2.95. The third-order valence-corrected chi connectivity index (χ3v) is 2.14. The number of halogens is 1. The highest BCUT2D eigenvalue weighted by molar-refractivity contribution is 7.11. The summed E-state index contributed by atoms with van der Waals surface area (Å²) in [4.78, 5) is 10.2. The first-order valence-corrected chi connectivity index (χ1v) is 3.48. The molecule has 4 heteroatoms.